The molecule has 0 unspecified atom stereocenters. The summed E-state index contributed by atoms with van der Waals surface area (Å²) in [5, 5.41) is 11.2. The van der Waals surface area contributed by atoms with Crippen molar-refractivity contribution in [2.75, 3.05) is 13.2 Å². The van der Waals surface area contributed by atoms with Crippen LogP contribution in [0.4, 0.5) is 0 Å². The molecule has 0 aliphatic heterocycles. The predicted octanol–water partition coefficient (Wildman–Crippen LogP) is 2.84. The smallest absolute Gasteiger partial charge is 0.0544 e. The summed E-state index contributed by atoms with van der Waals surface area (Å²) in [5.74, 6) is 0. The van der Waals surface area contributed by atoms with E-state index >= 15 is 0 Å². The Hall–Kier alpha value is -1.23. The average molecular weight is 276 g/mol. The number of nitrogens with zero attached hydrogens (tertiary/aromatic N) is 2. The van der Waals surface area contributed by atoms with Crippen molar-refractivity contribution in [2.24, 2.45) is 0 Å². The van der Waals surface area contributed by atoms with Crippen LogP contribution in [0.2, 0.25) is 0 Å². The van der Waals surface area contributed by atoms with E-state index in [9.17, 15) is 0 Å². The molecule has 0 fully saturated rings. The predicted molar refractivity (Wildman–Crippen MR) is 79.1 cm³/mol. The molecule has 0 saturated carbocycles. The molecule has 2 aromatic rings. The Morgan fingerprint density at radius 1 is 1.26 bits per heavy atom. The van der Waals surface area contributed by atoms with E-state index in [1.54, 1.807) is 11.3 Å². The summed E-state index contributed by atoms with van der Waals surface area (Å²) in [6.45, 7) is 5.04. The Morgan fingerprint density at radius 2 is 2.16 bits per heavy atom. The maximum atomic E-state index is 9.02. The molecule has 2 heterocycles. The first-order valence-electron chi connectivity index (χ1n) is 6.55. The third-order valence-electron chi connectivity index (χ3n) is 3.08. The van der Waals surface area contributed by atoms with Crippen molar-refractivity contribution in [1.82, 2.24) is 9.88 Å². The Bertz CT molecular complexity index is 484. The molecule has 0 bridgehead atoms. The van der Waals surface area contributed by atoms with E-state index in [0.29, 0.717) is 0 Å². The van der Waals surface area contributed by atoms with Gasteiger partial charge in [-0.2, -0.15) is 0 Å². The average Bonchev–Trinajstić information content (AvgIpc) is 2.83. The normalized spacial score (nSPS) is 11.1. The highest BCUT2D eigenvalue weighted by molar-refractivity contribution is 7.10. The van der Waals surface area contributed by atoms with Crippen LogP contribution in [0.3, 0.4) is 0 Å². The van der Waals surface area contributed by atoms with Crippen LogP contribution in [0, 0.1) is 6.92 Å². The lowest BCUT2D eigenvalue weighted by molar-refractivity contribution is 0.212. The zero-order valence-corrected chi connectivity index (χ0v) is 12.1. The lowest BCUT2D eigenvalue weighted by Gasteiger charge is -2.21. The summed E-state index contributed by atoms with van der Waals surface area (Å²) in [6, 6.07) is 8.16. The second kappa shape index (κ2) is 7.38. The fraction of sp³-hybridized carbons (Fsp3) is 0.400. The number of thiophene rings is 1. The highest BCUT2D eigenvalue weighted by Crippen LogP contribution is 2.19. The van der Waals surface area contributed by atoms with Crippen molar-refractivity contribution in [3.8, 4) is 0 Å². The van der Waals surface area contributed by atoms with Gasteiger partial charge in [0.05, 0.1) is 5.69 Å². The molecule has 4 heteroatoms. The number of aliphatic hydroxyl groups excluding tert-OH is 1. The summed E-state index contributed by atoms with van der Waals surface area (Å²) in [4.78, 5) is 8.12. The zero-order valence-electron chi connectivity index (χ0n) is 11.2. The Kier molecular flexibility index (Phi) is 5.51. The molecule has 0 aliphatic rings. The van der Waals surface area contributed by atoms with Gasteiger partial charge >= 0.3 is 0 Å². The zero-order chi connectivity index (χ0) is 13.5. The molecular formula is C15H20N2OS. The third kappa shape index (κ3) is 4.42. The van der Waals surface area contributed by atoms with Crippen LogP contribution < -0.4 is 0 Å². The van der Waals surface area contributed by atoms with Gasteiger partial charge in [-0.25, -0.2) is 0 Å². The third-order valence-corrected chi connectivity index (χ3v) is 4.09. The Labute approximate surface area is 118 Å². The number of hydrogen-bond donors (Lipinski definition) is 1. The molecular weight excluding hydrogens is 256 g/mol. The summed E-state index contributed by atoms with van der Waals surface area (Å²) in [6.07, 6.45) is 2.63. The first-order chi connectivity index (χ1) is 9.29. The Balaban J connectivity index is 2.01. The summed E-state index contributed by atoms with van der Waals surface area (Å²) in [7, 11) is 0. The summed E-state index contributed by atoms with van der Waals surface area (Å²) < 4.78 is 0. The molecule has 0 radical (unpaired) electrons. The van der Waals surface area contributed by atoms with Crippen LogP contribution in [0.5, 0.6) is 0 Å². The molecule has 0 aliphatic carbocycles. The van der Waals surface area contributed by atoms with E-state index in [1.807, 2.05) is 24.4 Å². The van der Waals surface area contributed by atoms with Gasteiger partial charge in [0.1, 0.15) is 0 Å². The molecule has 0 amide bonds. The van der Waals surface area contributed by atoms with Crippen molar-refractivity contribution in [3.63, 3.8) is 0 Å². The largest absolute Gasteiger partial charge is 0.396 e. The molecule has 0 spiro atoms. The number of pyridine rings is 1. The minimum absolute atomic E-state index is 0.238. The highest BCUT2D eigenvalue weighted by atomic mass is 32.1. The van der Waals surface area contributed by atoms with Crippen molar-refractivity contribution >= 4 is 11.3 Å². The van der Waals surface area contributed by atoms with E-state index < -0.39 is 0 Å². The maximum Gasteiger partial charge on any atom is 0.0544 e. The van der Waals surface area contributed by atoms with E-state index in [2.05, 4.69) is 28.3 Å². The lowest BCUT2D eigenvalue weighted by atomic mass is 10.2. The quantitative estimate of drug-likeness (QED) is 0.845. The molecule has 2 aromatic heterocycles. The van der Waals surface area contributed by atoms with E-state index in [4.69, 9.17) is 5.11 Å². The Morgan fingerprint density at radius 3 is 2.79 bits per heavy atom. The van der Waals surface area contributed by atoms with Crippen LogP contribution in [-0.2, 0) is 13.1 Å². The minimum Gasteiger partial charge on any atom is -0.396 e. The summed E-state index contributed by atoms with van der Waals surface area (Å²) >= 11 is 1.80. The topological polar surface area (TPSA) is 36.4 Å². The second-order valence-electron chi connectivity index (χ2n) is 4.64. The van der Waals surface area contributed by atoms with Gasteiger partial charge in [0, 0.05) is 37.3 Å². The van der Waals surface area contributed by atoms with Gasteiger partial charge in [0.2, 0.25) is 0 Å². The second-order valence-corrected chi connectivity index (χ2v) is 5.64. The molecule has 19 heavy (non-hydrogen) atoms. The maximum absolute atomic E-state index is 9.02. The van der Waals surface area contributed by atoms with Gasteiger partial charge in [0.15, 0.2) is 0 Å². The van der Waals surface area contributed by atoms with Crippen molar-refractivity contribution in [1.29, 1.82) is 0 Å². The van der Waals surface area contributed by atoms with E-state index in [1.165, 1.54) is 10.4 Å². The molecule has 3 nitrogen and oxygen atoms in total. The molecule has 0 aromatic carbocycles. The minimum atomic E-state index is 0.238. The molecule has 0 saturated heterocycles. The van der Waals surface area contributed by atoms with Crippen LogP contribution in [0.15, 0.2) is 35.8 Å². The summed E-state index contributed by atoms with van der Waals surface area (Å²) in [5.41, 5.74) is 2.43. The number of aryl methyl sites for hydroxylation is 1. The van der Waals surface area contributed by atoms with Crippen LogP contribution in [0.1, 0.15) is 22.6 Å². The molecule has 1 N–H and O–H groups in total. The lowest BCUT2D eigenvalue weighted by Crippen LogP contribution is -2.25. The van der Waals surface area contributed by atoms with Crippen molar-refractivity contribution in [3.05, 3.63) is 52.0 Å². The van der Waals surface area contributed by atoms with Gasteiger partial charge in [0.25, 0.3) is 0 Å². The van der Waals surface area contributed by atoms with Crippen LogP contribution >= 0.6 is 11.3 Å². The highest BCUT2D eigenvalue weighted by Gasteiger charge is 2.10. The molecule has 0 atom stereocenters. The van der Waals surface area contributed by atoms with Gasteiger partial charge in [-0.3, -0.25) is 9.88 Å². The van der Waals surface area contributed by atoms with Gasteiger partial charge < -0.3 is 5.11 Å². The monoisotopic (exact) mass is 276 g/mol. The molecule has 2 rings (SSSR count). The van der Waals surface area contributed by atoms with Crippen LogP contribution in [0.25, 0.3) is 0 Å². The van der Waals surface area contributed by atoms with E-state index in [-0.39, 0.29) is 6.61 Å². The number of hydrogen-bond acceptors (Lipinski definition) is 4. The van der Waals surface area contributed by atoms with Gasteiger partial charge in [-0.05, 0) is 42.5 Å². The number of aliphatic hydroxyl groups is 1. The SMILES string of the molecule is Cc1ccsc1CN(CCCO)Cc1ccccn1. The number of rotatable bonds is 7. The van der Waals surface area contributed by atoms with Crippen molar-refractivity contribution < 1.29 is 5.11 Å². The number of aromatic nitrogens is 1. The van der Waals surface area contributed by atoms with Crippen molar-refractivity contribution in [2.45, 2.75) is 26.4 Å². The van der Waals surface area contributed by atoms with Gasteiger partial charge in [-0.1, -0.05) is 6.07 Å². The fourth-order valence-electron chi connectivity index (χ4n) is 2.00. The molecule has 102 valence electrons. The first-order valence-corrected chi connectivity index (χ1v) is 7.43. The first kappa shape index (κ1) is 14.2. The van der Waals surface area contributed by atoms with Crippen LogP contribution in [-0.4, -0.2) is 28.1 Å². The van der Waals surface area contributed by atoms with E-state index in [0.717, 1.165) is 31.7 Å². The van der Waals surface area contributed by atoms with Gasteiger partial charge in [-0.15, -0.1) is 11.3 Å². The fourth-order valence-corrected chi connectivity index (χ4v) is 2.95. The standard InChI is InChI=1S/C15H20N2OS/c1-13-6-10-19-15(13)12-17(8-4-9-18)11-14-5-2-3-7-16-14/h2-3,5-7,10,18H,4,8-9,11-12H2,1H3.